The van der Waals surface area contributed by atoms with Gasteiger partial charge < -0.3 is 4.74 Å². The maximum absolute atomic E-state index is 13.6. The van der Waals surface area contributed by atoms with Crippen LogP contribution in [0.1, 0.15) is 19.8 Å². The fraction of sp³-hybridized carbons (Fsp3) is 0.267. The average molecular weight is 244 g/mol. The molecule has 0 fully saturated rings. The highest BCUT2D eigenvalue weighted by Gasteiger charge is 2.06. The lowest BCUT2D eigenvalue weighted by Crippen LogP contribution is -1.98. The van der Waals surface area contributed by atoms with Gasteiger partial charge in [0.2, 0.25) is 5.88 Å². The molecule has 1 aromatic heterocycles. The summed E-state index contributed by atoms with van der Waals surface area (Å²) in [5.41, 5.74) is 1.18. The number of hydrogen-bond acceptors (Lipinski definition) is 2. The number of nitrogens with zero attached hydrogens (tertiary/aromatic N) is 1. The standard InChI is InChI=1S/C15H15FNO/c1-2-3-10-18-15-11-12(8-9-17-15)13-6-4-5-7-14(13)16/h4-5,7-9,11H,2-3,10H2,1H3. The van der Waals surface area contributed by atoms with Crippen LogP contribution in [-0.2, 0) is 0 Å². The Balaban J connectivity index is 2.19. The molecule has 0 spiro atoms. The van der Waals surface area contributed by atoms with Crippen molar-refractivity contribution >= 4 is 0 Å². The summed E-state index contributed by atoms with van der Waals surface area (Å²) in [6, 6.07) is 11.1. The number of unbranched alkanes of at least 4 members (excludes halogenated alkanes) is 1. The van der Waals surface area contributed by atoms with Crippen molar-refractivity contribution in [2.24, 2.45) is 0 Å². The molecular weight excluding hydrogens is 229 g/mol. The molecule has 0 atom stereocenters. The van der Waals surface area contributed by atoms with Crippen LogP contribution in [0.2, 0.25) is 0 Å². The number of halogens is 1. The van der Waals surface area contributed by atoms with Gasteiger partial charge in [-0.25, -0.2) is 9.37 Å². The quantitative estimate of drug-likeness (QED) is 0.745. The van der Waals surface area contributed by atoms with Gasteiger partial charge in [-0.15, -0.1) is 0 Å². The van der Waals surface area contributed by atoms with Gasteiger partial charge in [0.05, 0.1) is 6.61 Å². The maximum atomic E-state index is 13.6. The van der Waals surface area contributed by atoms with E-state index >= 15 is 0 Å². The molecule has 0 amide bonds. The highest BCUT2D eigenvalue weighted by Crippen LogP contribution is 2.24. The lowest BCUT2D eigenvalue weighted by atomic mass is 10.1. The van der Waals surface area contributed by atoms with E-state index in [1.165, 1.54) is 6.07 Å². The highest BCUT2D eigenvalue weighted by atomic mass is 19.1. The van der Waals surface area contributed by atoms with Gasteiger partial charge in [-0.3, -0.25) is 0 Å². The number of ether oxygens (including phenoxy) is 1. The number of rotatable bonds is 5. The van der Waals surface area contributed by atoms with Gasteiger partial charge in [0.15, 0.2) is 0 Å². The summed E-state index contributed by atoms with van der Waals surface area (Å²) in [4.78, 5) is 4.11. The fourth-order valence-electron chi connectivity index (χ4n) is 1.60. The lowest BCUT2D eigenvalue weighted by Gasteiger charge is -2.07. The molecule has 2 nitrogen and oxygen atoms in total. The van der Waals surface area contributed by atoms with Crippen LogP contribution in [0.3, 0.4) is 0 Å². The Morgan fingerprint density at radius 2 is 2.28 bits per heavy atom. The van der Waals surface area contributed by atoms with Gasteiger partial charge in [-0.2, -0.15) is 0 Å². The van der Waals surface area contributed by atoms with Crippen LogP contribution in [-0.4, -0.2) is 11.6 Å². The Kier molecular flexibility index (Phi) is 4.29. The summed E-state index contributed by atoms with van der Waals surface area (Å²) < 4.78 is 19.1. The van der Waals surface area contributed by atoms with Crippen LogP contribution < -0.4 is 4.74 Å². The Labute approximate surface area is 106 Å². The maximum Gasteiger partial charge on any atom is 0.213 e. The molecule has 1 radical (unpaired) electrons. The largest absolute Gasteiger partial charge is 0.478 e. The SMILES string of the molecule is CCCCOc1cc(-c2[c]cccc2F)ccn1. The normalized spacial score (nSPS) is 10.3. The Morgan fingerprint density at radius 1 is 1.39 bits per heavy atom. The molecule has 1 heterocycles. The van der Waals surface area contributed by atoms with Crippen LogP contribution in [0.4, 0.5) is 4.39 Å². The molecule has 0 N–H and O–H groups in total. The second-order valence-corrected chi connectivity index (χ2v) is 3.98. The van der Waals surface area contributed by atoms with Crippen LogP contribution in [0.25, 0.3) is 11.1 Å². The van der Waals surface area contributed by atoms with E-state index < -0.39 is 0 Å². The van der Waals surface area contributed by atoms with E-state index in [9.17, 15) is 4.39 Å². The molecular formula is C15H15FNO. The van der Waals surface area contributed by atoms with Crippen molar-refractivity contribution in [2.45, 2.75) is 19.8 Å². The summed E-state index contributed by atoms with van der Waals surface area (Å²) in [6.45, 7) is 2.73. The summed E-state index contributed by atoms with van der Waals surface area (Å²) in [6.07, 6.45) is 3.68. The minimum Gasteiger partial charge on any atom is -0.478 e. The second-order valence-electron chi connectivity index (χ2n) is 3.98. The highest BCUT2D eigenvalue weighted by molar-refractivity contribution is 5.63. The third-order valence-electron chi connectivity index (χ3n) is 2.58. The van der Waals surface area contributed by atoms with E-state index in [4.69, 9.17) is 4.74 Å². The molecule has 2 aromatic rings. The Morgan fingerprint density at radius 3 is 3.06 bits per heavy atom. The molecule has 0 saturated carbocycles. The summed E-state index contributed by atoms with van der Waals surface area (Å²) in [5, 5.41) is 0. The first-order chi connectivity index (χ1) is 8.81. The van der Waals surface area contributed by atoms with E-state index in [0.717, 1.165) is 18.4 Å². The van der Waals surface area contributed by atoms with E-state index in [-0.39, 0.29) is 5.82 Å². The summed E-state index contributed by atoms with van der Waals surface area (Å²) in [5.74, 6) is 0.237. The third-order valence-corrected chi connectivity index (χ3v) is 2.58. The predicted molar refractivity (Wildman–Crippen MR) is 68.9 cm³/mol. The predicted octanol–water partition coefficient (Wildman–Crippen LogP) is 3.87. The number of hydrogen-bond donors (Lipinski definition) is 0. The zero-order valence-electron chi connectivity index (χ0n) is 10.3. The zero-order chi connectivity index (χ0) is 12.8. The number of aromatic nitrogens is 1. The second kappa shape index (κ2) is 6.15. The van der Waals surface area contributed by atoms with Gasteiger partial charge in [-0.05, 0) is 30.2 Å². The molecule has 3 heteroatoms. The van der Waals surface area contributed by atoms with Gasteiger partial charge in [-0.1, -0.05) is 25.5 Å². The number of benzene rings is 1. The van der Waals surface area contributed by atoms with Crippen molar-refractivity contribution in [3.05, 3.63) is 48.4 Å². The van der Waals surface area contributed by atoms with Crippen molar-refractivity contribution < 1.29 is 9.13 Å². The van der Waals surface area contributed by atoms with Gasteiger partial charge in [0.1, 0.15) is 5.82 Å². The van der Waals surface area contributed by atoms with Gasteiger partial charge >= 0.3 is 0 Å². The molecule has 0 aliphatic rings. The molecule has 0 aliphatic heterocycles. The molecule has 0 unspecified atom stereocenters. The Bertz CT molecular complexity index is 513. The topological polar surface area (TPSA) is 22.1 Å². The Hall–Kier alpha value is -1.90. The van der Waals surface area contributed by atoms with E-state index in [1.54, 1.807) is 30.5 Å². The van der Waals surface area contributed by atoms with Crippen LogP contribution in [0, 0.1) is 11.9 Å². The molecule has 0 bridgehead atoms. The van der Waals surface area contributed by atoms with Crippen LogP contribution in [0.5, 0.6) is 5.88 Å². The number of pyridine rings is 1. The van der Waals surface area contributed by atoms with Crippen molar-refractivity contribution in [2.75, 3.05) is 6.61 Å². The fourth-order valence-corrected chi connectivity index (χ4v) is 1.60. The first-order valence-electron chi connectivity index (χ1n) is 6.06. The van der Waals surface area contributed by atoms with Crippen molar-refractivity contribution in [1.82, 2.24) is 4.98 Å². The first kappa shape index (κ1) is 12.6. The monoisotopic (exact) mass is 244 g/mol. The van der Waals surface area contributed by atoms with Crippen LogP contribution >= 0.6 is 0 Å². The van der Waals surface area contributed by atoms with E-state index in [0.29, 0.717) is 18.1 Å². The zero-order valence-corrected chi connectivity index (χ0v) is 10.3. The third kappa shape index (κ3) is 3.06. The smallest absolute Gasteiger partial charge is 0.213 e. The molecule has 18 heavy (non-hydrogen) atoms. The minimum atomic E-state index is -0.289. The summed E-state index contributed by atoms with van der Waals surface area (Å²) >= 11 is 0. The van der Waals surface area contributed by atoms with Gasteiger partial charge in [0, 0.05) is 17.8 Å². The van der Waals surface area contributed by atoms with Crippen molar-refractivity contribution in [3.8, 4) is 17.0 Å². The molecule has 93 valence electrons. The molecule has 0 saturated heterocycles. The molecule has 1 aromatic carbocycles. The molecule has 2 rings (SSSR count). The van der Waals surface area contributed by atoms with E-state index in [1.807, 2.05) is 0 Å². The minimum absolute atomic E-state index is 0.289. The molecule has 0 aliphatic carbocycles. The first-order valence-corrected chi connectivity index (χ1v) is 6.06. The van der Waals surface area contributed by atoms with Crippen LogP contribution in [0.15, 0.2) is 36.5 Å². The van der Waals surface area contributed by atoms with E-state index in [2.05, 4.69) is 18.0 Å². The average Bonchev–Trinajstić information content (AvgIpc) is 2.40. The van der Waals surface area contributed by atoms with Crippen molar-refractivity contribution in [3.63, 3.8) is 0 Å². The summed E-state index contributed by atoms with van der Waals surface area (Å²) in [7, 11) is 0. The van der Waals surface area contributed by atoms with Gasteiger partial charge in [0.25, 0.3) is 0 Å². The lowest BCUT2D eigenvalue weighted by molar-refractivity contribution is 0.298. The van der Waals surface area contributed by atoms with Crippen molar-refractivity contribution in [1.29, 1.82) is 0 Å².